The monoisotopic (exact) mass is 350 g/mol. The van der Waals surface area contributed by atoms with Gasteiger partial charge in [-0.05, 0) is 38.0 Å². The number of carbonyl (C=O) groups excluding carboxylic acids is 2. The van der Waals surface area contributed by atoms with Crippen LogP contribution in [0.2, 0.25) is 5.02 Å². The van der Waals surface area contributed by atoms with Crippen LogP contribution in [0.3, 0.4) is 0 Å². The molecule has 1 aromatic rings. The second-order valence-corrected chi connectivity index (χ2v) is 6.73. The molecule has 2 amide bonds. The van der Waals surface area contributed by atoms with E-state index in [4.69, 9.17) is 16.3 Å². The van der Waals surface area contributed by atoms with E-state index in [-0.39, 0.29) is 17.7 Å². The molecule has 24 heavy (non-hydrogen) atoms. The smallest absolute Gasteiger partial charge is 0.254 e. The van der Waals surface area contributed by atoms with E-state index in [0.29, 0.717) is 49.1 Å². The summed E-state index contributed by atoms with van der Waals surface area (Å²) in [6.45, 7) is 4.80. The Morgan fingerprint density at radius 3 is 2.38 bits per heavy atom. The molecule has 3 rings (SSSR count). The number of carbonyl (C=O) groups is 2. The van der Waals surface area contributed by atoms with Crippen molar-refractivity contribution in [2.75, 3.05) is 32.8 Å². The van der Waals surface area contributed by atoms with Crippen LogP contribution >= 0.6 is 11.6 Å². The summed E-state index contributed by atoms with van der Waals surface area (Å²) in [6, 6.07) is 5.13. The summed E-state index contributed by atoms with van der Waals surface area (Å²) in [5, 5.41) is 0.446. The van der Waals surface area contributed by atoms with Crippen molar-refractivity contribution in [1.29, 1.82) is 0 Å². The summed E-state index contributed by atoms with van der Waals surface area (Å²) >= 11 is 6.16. The first-order valence-corrected chi connectivity index (χ1v) is 8.98. The number of benzene rings is 1. The van der Waals surface area contributed by atoms with Gasteiger partial charge in [0.15, 0.2) is 0 Å². The summed E-state index contributed by atoms with van der Waals surface area (Å²) < 4.78 is 5.39. The van der Waals surface area contributed by atoms with Gasteiger partial charge in [0.2, 0.25) is 5.91 Å². The van der Waals surface area contributed by atoms with E-state index in [0.717, 1.165) is 19.3 Å². The van der Waals surface area contributed by atoms with E-state index in [1.165, 1.54) is 0 Å². The molecule has 130 valence electrons. The lowest BCUT2D eigenvalue weighted by molar-refractivity contribution is -0.139. The van der Waals surface area contributed by atoms with Crippen LogP contribution in [0.1, 0.15) is 36.5 Å². The largest absolute Gasteiger partial charge is 0.492 e. The first kappa shape index (κ1) is 17.1. The van der Waals surface area contributed by atoms with Crippen LogP contribution in [-0.4, -0.2) is 54.4 Å². The van der Waals surface area contributed by atoms with E-state index in [2.05, 4.69) is 0 Å². The number of nitrogens with zero attached hydrogens (tertiary/aromatic N) is 2. The summed E-state index contributed by atoms with van der Waals surface area (Å²) in [7, 11) is 0. The Balaban J connectivity index is 1.58. The molecule has 0 unspecified atom stereocenters. The zero-order chi connectivity index (χ0) is 17.1. The molecule has 6 heteroatoms. The molecule has 1 heterocycles. The third-order valence-electron chi connectivity index (χ3n) is 4.81. The SMILES string of the molecule is CCOc1ccc(C(=O)N2CCN(C(=O)C3CCC3)CC2)cc1Cl. The first-order chi connectivity index (χ1) is 11.6. The minimum Gasteiger partial charge on any atom is -0.492 e. The summed E-state index contributed by atoms with van der Waals surface area (Å²) in [5.41, 5.74) is 0.558. The second kappa shape index (κ2) is 7.43. The summed E-state index contributed by atoms with van der Waals surface area (Å²) in [4.78, 5) is 28.6. The fourth-order valence-corrected chi connectivity index (χ4v) is 3.37. The standard InChI is InChI=1S/C18H23ClN2O3/c1-2-24-16-7-6-14(12-15(16)19)18(23)21-10-8-20(9-11-21)17(22)13-4-3-5-13/h6-7,12-13H,2-5,8-11H2,1H3. The average molecular weight is 351 g/mol. The Bertz CT molecular complexity index is 623. The minimum absolute atomic E-state index is 0.0457. The maximum atomic E-state index is 12.6. The molecular formula is C18H23ClN2O3. The summed E-state index contributed by atoms with van der Waals surface area (Å²) in [5.74, 6) is 1.02. The van der Waals surface area contributed by atoms with Crippen molar-refractivity contribution < 1.29 is 14.3 Å². The molecule has 0 radical (unpaired) electrons. The van der Waals surface area contributed by atoms with Gasteiger partial charge in [0, 0.05) is 37.7 Å². The van der Waals surface area contributed by atoms with Crippen molar-refractivity contribution >= 4 is 23.4 Å². The van der Waals surface area contributed by atoms with Gasteiger partial charge in [-0.3, -0.25) is 9.59 Å². The maximum absolute atomic E-state index is 12.6. The molecule has 0 aromatic heterocycles. The van der Waals surface area contributed by atoms with Crippen molar-refractivity contribution in [2.24, 2.45) is 5.92 Å². The lowest BCUT2D eigenvalue weighted by Gasteiger charge is -2.38. The minimum atomic E-state index is -0.0457. The number of halogens is 1. The lowest BCUT2D eigenvalue weighted by atomic mass is 9.84. The van der Waals surface area contributed by atoms with Gasteiger partial charge in [0.25, 0.3) is 5.91 Å². The van der Waals surface area contributed by atoms with Gasteiger partial charge in [-0.25, -0.2) is 0 Å². The molecule has 1 aliphatic carbocycles. The molecule has 2 aliphatic rings. The average Bonchev–Trinajstić information content (AvgIpc) is 2.55. The highest BCUT2D eigenvalue weighted by Gasteiger charge is 2.32. The van der Waals surface area contributed by atoms with E-state index < -0.39 is 0 Å². The van der Waals surface area contributed by atoms with Crippen LogP contribution in [0.25, 0.3) is 0 Å². The van der Waals surface area contributed by atoms with Crippen molar-refractivity contribution in [2.45, 2.75) is 26.2 Å². The van der Waals surface area contributed by atoms with E-state index in [9.17, 15) is 9.59 Å². The fourth-order valence-electron chi connectivity index (χ4n) is 3.13. The zero-order valence-electron chi connectivity index (χ0n) is 14.0. The Morgan fingerprint density at radius 1 is 1.17 bits per heavy atom. The van der Waals surface area contributed by atoms with Crippen LogP contribution in [-0.2, 0) is 4.79 Å². The predicted octanol–water partition coefficient (Wildman–Crippen LogP) is 2.82. The molecule has 1 aliphatic heterocycles. The van der Waals surface area contributed by atoms with Crippen molar-refractivity contribution in [3.8, 4) is 5.75 Å². The Kier molecular flexibility index (Phi) is 5.29. The first-order valence-electron chi connectivity index (χ1n) is 8.60. The number of rotatable bonds is 4. The highest BCUT2D eigenvalue weighted by molar-refractivity contribution is 6.32. The zero-order valence-corrected chi connectivity index (χ0v) is 14.7. The van der Waals surface area contributed by atoms with E-state index >= 15 is 0 Å². The number of piperazine rings is 1. The third-order valence-corrected chi connectivity index (χ3v) is 5.11. The molecular weight excluding hydrogens is 328 g/mol. The van der Waals surface area contributed by atoms with Gasteiger partial charge in [-0.2, -0.15) is 0 Å². The van der Waals surface area contributed by atoms with Gasteiger partial charge < -0.3 is 14.5 Å². The quantitative estimate of drug-likeness (QED) is 0.839. The van der Waals surface area contributed by atoms with Gasteiger partial charge in [0.05, 0.1) is 11.6 Å². The maximum Gasteiger partial charge on any atom is 0.254 e. The molecule has 2 fully saturated rings. The van der Waals surface area contributed by atoms with Crippen LogP contribution in [0, 0.1) is 5.92 Å². The predicted molar refractivity (Wildman–Crippen MR) is 92.4 cm³/mol. The third kappa shape index (κ3) is 3.51. The Hall–Kier alpha value is -1.75. The van der Waals surface area contributed by atoms with Crippen LogP contribution in [0.4, 0.5) is 0 Å². The van der Waals surface area contributed by atoms with Gasteiger partial charge in [0.1, 0.15) is 5.75 Å². The van der Waals surface area contributed by atoms with E-state index in [1.54, 1.807) is 23.1 Å². The molecule has 5 nitrogen and oxygen atoms in total. The van der Waals surface area contributed by atoms with Crippen LogP contribution in [0.15, 0.2) is 18.2 Å². The normalized spacial score (nSPS) is 18.2. The van der Waals surface area contributed by atoms with Gasteiger partial charge in [-0.15, -0.1) is 0 Å². The van der Waals surface area contributed by atoms with Crippen molar-refractivity contribution in [1.82, 2.24) is 9.80 Å². The van der Waals surface area contributed by atoms with Crippen molar-refractivity contribution in [3.05, 3.63) is 28.8 Å². The van der Waals surface area contributed by atoms with Crippen LogP contribution < -0.4 is 4.74 Å². The molecule has 0 bridgehead atoms. The van der Waals surface area contributed by atoms with E-state index in [1.807, 2.05) is 11.8 Å². The number of amides is 2. The Morgan fingerprint density at radius 2 is 1.83 bits per heavy atom. The number of hydrogen-bond donors (Lipinski definition) is 0. The highest BCUT2D eigenvalue weighted by Crippen LogP contribution is 2.29. The number of ether oxygens (including phenoxy) is 1. The molecule has 1 saturated heterocycles. The molecule has 1 saturated carbocycles. The molecule has 0 atom stereocenters. The Labute approximate surface area is 147 Å². The van der Waals surface area contributed by atoms with Gasteiger partial charge in [-0.1, -0.05) is 18.0 Å². The second-order valence-electron chi connectivity index (χ2n) is 6.32. The molecule has 0 N–H and O–H groups in total. The highest BCUT2D eigenvalue weighted by atomic mass is 35.5. The molecule has 1 aromatic carbocycles. The summed E-state index contributed by atoms with van der Waals surface area (Å²) in [6.07, 6.45) is 3.19. The van der Waals surface area contributed by atoms with Crippen molar-refractivity contribution in [3.63, 3.8) is 0 Å². The van der Waals surface area contributed by atoms with Crippen LogP contribution in [0.5, 0.6) is 5.75 Å². The topological polar surface area (TPSA) is 49.9 Å². The number of hydrogen-bond acceptors (Lipinski definition) is 3. The van der Waals surface area contributed by atoms with Gasteiger partial charge >= 0.3 is 0 Å². The lowest BCUT2D eigenvalue weighted by Crippen LogP contribution is -2.52. The fraction of sp³-hybridized carbons (Fsp3) is 0.556. The molecule has 0 spiro atoms.